The Hall–Kier alpha value is -1.29. The van der Waals surface area contributed by atoms with Crippen LogP contribution in [0.2, 0.25) is 5.02 Å². The van der Waals surface area contributed by atoms with Crippen LogP contribution in [0.3, 0.4) is 0 Å². The van der Waals surface area contributed by atoms with Crippen molar-refractivity contribution in [1.29, 1.82) is 0 Å². The van der Waals surface area contributed by atoms with Crippen molar-refractivity contribution in [3.05, 3.63) is 23.0 Å². The summed E-state index contributed by atoms with van der Waals surface area (Å²) in [7, 11) is 0. The summed E-state index contributed by atoms with van der Waals surface area (Å²) in [4.78, 5) is 14.1. The van der Waals surface area contributed by atoms with Crippen LogP contribution in [0.15, 0.2) is 12.3 Å². The maximum Gasteiger partial charge on any atom is 0.354 e. The Labute approximate surface area is 80.1 Å². The number of rotatable bonds is 3. The van der Waals surface area contributed by atoms with Crippen LogP contribution < -0.4 is 4.74 Å². The summed E-state index contributed by atoms with van der Waals surface area (Å²) in [6, 6.07) is 1.30. The molecule has 0 saturated heterocycles. The van der Waals surface area contributed by atoms with Crippen LogP contribution in [0.4, 0.5) is 0 Å². The molecule has 13 heavy (non-hydrogen) atoms. The van der Waals surface area contributed by atoms with Gasteiger partial charge in [-0.25, -0.2) is 9.78 Å². The lowest BCUT2D eigenvalue weighted by molar-refractivity contribution is 0.0690. The Morgan fingerprint density at radius 1 is 1.77 bits per heavy atom. The molecule has 0 aliphatic heterocycles. The zero-order valence-electron chi connectivity index (χ0n) is 6.95. The van der Waals surface area contributed by atoms with Crippen molar-refractivity contribution in [3.8, 4) is 5.75 Å². The summed E-state index contributed by atoms with van der Waals surface area (Å²) in [6.45, 7) is 2.22. The average molecular weight is 202 g/mol. The third kappa shape index (κ3) is 2.32. The van der Waals surface area contributed by atoms with Crippen LogP contribution in [-0.4, -0.2) is 22.7 Å². The average Bonchev–Trinajstić information content (AvgIpc) is 2.08. The smallest absolute Gasteiger partial charge is 0.354 e. The summed E-state index contributed by atoms with van der Waals surface area (Å²) in [6.07, 6.45) is 1.26. The van der Waals surface area contributed by atoms with E-state index in [0.29, 0.717) is 17.4 Å². The molecule has 0 saturated carbocycles. The molecule has 1 heterocycles. The standard InChI is InChI=1S/C8H8ClNO3/c1-2-13-7-3-6(8(11)12)10-4-5(7)9/h3-4H,2H2,1H3,(H,11,12). The molecule has 4 nitrogen and oxygen atoms in total. The van der Waals surface area contributed by atoms with Crippen LogP contribution in [0.1, 0.15) is 17.4 Å². The minimum atomic E-state index is -1.10. The van der Waals surface area contributed by atoms with Crippen molar-refractivity contribution in [3.63, 3.8) is 0 Å². The SMILES string of the molecule is CCOc1cc(C(=O)O)ncc1Cl. The topological polar surface area (TPSA) is 59.4 Å². The fraction of sp³-hybridized carbons (Fsp3) is 0.250. The number of pyridine rings is 1. The number of ether oxygens (including phenoxy) is 1. The van der Waals surface area contributed by atoms with Crippen LogP contribution in [0.5, 0.6) is 5.75 Å². The molecule has 1 rings (SSSR count). The highest BCUT2D eigenvalue weighted by Crippen LogP contribution is 2.23. The quantitative estimate of drug-likeness (QED) is 0.811. The molecular weight excluding hydrogens is 194 g/mol. The van der Waals surface area contributed by atoms with E-state index in [4.69, 9.17) is 21.4 Å². The van der Waals surface area contributed by atoms with Crippen molar-refractivity contribution >= 4 is 17.6 Å². The molecule has 0 aliphatic carbocycles. The summed E-state index contributed by atoms with van der Waals surface area (Å²) in [5.41, 5.74) is -0.0761. The van der Waals surface area contributed by atoms with Gasteiger partial charge in [0, 0.05) is 6.07 Å². The normalized spacial score (nSPS) is 9.69. The third-order valence-corrected chi connectivity index (χ3v) is 1.62. The summed E-state index contributed by atoms with van der Waals surface area (Å²) in [5, 5.41) is 8.92. The van der Waals surface area contributed by atoms with Gasteiger partial charge in [0.25, 0.3) is 0 Å². The number of halogens is 1. The van der Waals surface area contributed by atoms with Gasteiger partial charge in [-0.2, -0.15) is 0 Å². The number of aromatic carboxylic acids is 1. The predicted molar refractivity (Wildman–Crippen MR) is 47.4 cm³/mol. The molecule has 1 N–H and O–H groups in total. The van der Waals surface area contributed by atoms with E-state index in [0.717, 1.165) is 0 Å². The van der Waals surface area contributed by atoms with E-state index in [2.05, 4.69) is 4.98 Å². The van der Waals surface area contributed by atoms with Gasteiger partial charge in [-0.15, -0.1) is 0 Å². The molecule has 0 aromatic carbocycles. The Balaban J connectivity index is 3.03. The first-order valence-corrected chi connectivity index (χ1v) is 4.04. The van der Waals surface area contributed by atoms with Gasteiger partial charge < -0.3 is 9.84 Å². The molecule has 0 aliphatic rings. The second-order valence-corrected chi connectivity index (χ2v) is 2.65. The van der Waals surface area contributed by atoms with E-state index < -0.39 is 5.97 Å². The van der Waals surface area contributed by atoms with E-state index in [1.165, 1.54) is 12.3 Å². The number of aromatic nitrogens is 1. The van der Waals surface area contributed by atoms with Crippen LogP contribution in [-0.2, 0) is 0 Å². The first-order chi connectivity index (χ1) is 6.15. The number of hydrogen-bond donors (Lipinski definition) is 1. The van der Waals surface area contributed by atoms with E-state index in [-0.39, 0.29) is 5.69 Å². The summed E-state index contributed by atoms with van der Waals surface area (Å²) < 4.78 is 5.09. The van der Waals surface area contributed by atoms with E-state index in [1.54, 1.807) is 6.92 Å². The zero-order chi connectivity index (χ0) is 9.84. The molecule has 0 fully saturated rings. The molecule has 0 unspecified atom stereocenters. The van der Waals surface area contributed by atoms with Gasteiger partial charge in [-0.05, 0) is 6.92 Å². The van der Waals surface area contributed by atoms with E-state index in [9.17, 15) is 4.79 Å². The Morgan fingerprint density at radius 2 is 2.46 bits per heavy atom. The van der Waals surface area contributed by atoms with Gasteiger partial charge in [-0.1, -0.05) is 11.6 Å². The molecule has 0 spiro atoms. The van der Waals surface area contributed by atoms with Gasteiger partial charge in [-0.3, -0.25) is 0 Å². The predicted octanol–water partition coefficient (Wildman–Crippen LogP) is 1.83. The molecule has 0 atom stereocenters. The minimum absolute atomic E-state index is 0.0761. The maximum absolute atomic E-state index is 10.5. The van der Waals surface area contributed by atoms with Crippen molar-refractivity contribution in [1.82, 2.24) is 4.98 Å². The molecule has 1 aromatic heterocycles. The number of carbonyl (C=O) groups is 1. The summed E-state index contributed by atoms with van der Waals surface area (Å²) in [5.74, 6) is -0.755. The largest absolute Gasteiger partial charge is 0.492 e. The minimum Gasteiger partial charge on any atom is -0.492 e. The van der Waals surface area contributed by atoms with E-state index in [1.807, 2.05) is 0 Å². The monoisotopic (exact) mass is 201 g/mol. The molecular formula is C8H8ClNO3. The van der Waals surface area contributed by atoms with Crippen molar-refractivity contribution in [2.75, 3.05) is 6.61 Å². The lowest BCUT2D eigenvalue weighted by Crippen LogP contribution is -2.01. The molecule has 0 amide bonds. The van der Waals surface area contributed by atoms with Crippen LogP contribution >= 0.6 is 11.6 Å². The van der Waals surface area contributed by atoms with E-state index >= 15 is 0 Å². The van der Waals surface area contributed by atoms with Gasteiger partial charge in [0.05, 0.1) is 12.8 Å². The number of carboxylic acid groups (broad SMARTS) is 1. The Morgan fingerprint density at radius 3 is 3.00 bits per heavy atom. The van der Waals surface area contributed by atoms with Gasteiger partial charge in [0.1, 0.15) is 10.8 Å². The maximum atomic E-state index is 10.5. The molecule has 0 bridgehead atoms. The lowest BCUT2D eigenvalue weighted by atomic mass is 10.3. The van der Waals surface area contributed by atoms with Crippen molar-refractivity contribution < 1.29 is 14.6 Å². The van der Waals surface area contributed by atoms with Crippen LogP contribution in [0, 0.1) is 0 Å². The second-order valence-electron chi connectivity index (χ2n) is 2.24. The fourth-order valence-corrected chi connectivity index (χ4v) is 0.961. The third-order valence-electron chi connectivity index (χ3n) is 1.34. The van der Waals surface area contributed by atoms with Gasteiger partial charge in [0.15, 0.2) is 5.69 Å². The highest BCUT2D eigenvalue weighted by Gasteiger charge is 2.08. The van der Waals surface area contributed by atoms with Crippen LogP contribution in [0.25, 0.3) is 0 Å². The van der Waals surface area contributed by atoms with Gasteiger partial charge in [0.2, 0.25) is 0 Å². The molecule has 0 radical (unpaired) electrons. The van der Waals surface area contributed by atoms with Crippen molar-refractivity contribution in [2.24, 2.45) is 0 Å². The fourth-order valence-electron chi connectivity index (χ4n) is 0.803. The van der Waals surface area contributed by atoms with Crippen molar-refractivity contribution in [2.45, 2.75) is 6.92 Å². The number of hydrogen-bond acceptors (Lipinski definition) is 3. The molecule has 5 heteroatoms. The summed E-state index contributed by atoms with van der Waals surface area (Å²) >= 11 is 5.70. The first kappa shape index (κ1) is 9.80. The second kappa shape index (κ2) is 4.09. The highest BCUT2D eigenvalue weighted by molar-refractivity contribution is 6.32. The first-order valence-electron chi connectivity index (χ1n) is 3.66. The number of nitrogens with zero attached hydrogens (tertiary/aromatic N) is 1. The zero-order valence-corrected chi connectivity index (χ0v) is 7.71. The Bertz CT molecular complexity index is 327. The highest BCUT2D eigenvalue weighted by atomic mass is 35.5. The molecule has 70 valence electrons. The van der Waals surface area contributed by atoms with Gasteiger partial charge >= 0.3 is 5.97 Å². The lowest BCUT2D eigenvalue weighted by Gasteiger charge is -2.04. The number of carboxylic acids is 1. The Kier molecular flexibility index (Phi) is 3.08. The molecule has 1 aromatic rings.